The van der Waals surface area contributed by atoms with Gasteiger partial charge in [0.1, 0.15) is 11.4 Å². The minimum absolute atomic E-state index is 0.307. The predicted octanol–water partition coefficient (Wildman–Crippen LogP) is 2.98. The van der Waals surface area contributed by atoms with E-state index in [4.69, 9.17) is 4.42 Å². The van der Waals surface area contributed by atoms with Crippen LogP contribution in [-0.2, 0) is 12.0 Å². The lowest BCUT2D eigenvalue weighted by Gasteiger charge is -2.21. The van der Waals surface area contributed by atoms with E-state index in [2.05, 4.69) is 29.5 Å². The first-order valence-corrected chi connectivity index (χ1v) is 9.16. The lowest BCUT2D eigenvalue weighted by atomic mass is 10.1. The second kappa shape index (κ2) is 8.89. The van der Waals surface area contributed by atoms with Gasteiger partial charge in [0.05, 0.1) is 12.8 Å². The molecule has 0 aliphatic carbocycles. The number of thiophene rings is 1. The standard InChI is InChI=1S/C18H27N3O2S/c1-14(2)12-20-17(19-9-8-15-6-4-10-23-15)21-13-18(3,22)16-7-5-11-24-16/h4-7,10-11,14,22H,8-9,12-13H2,1-3H3,(H2,19,20,21). The smallest absolute Gasteiger partial charge is 0.191 e. The number of aliphatic imine (C=N–C) groups is 1. The lowest BCUT2D eigenvalue weighted by molar-refractivity contribution is 0.0711. The zero-order chi connectivity index (χ0) is 17.4. The number of nitrogens with zero attached hydrogens (tertiary/aromatic N) is 1. The monoisotopic (exact) mass is 349 g/mol. The maximum absolute atomic E-state index is 10.6. The first-order valence-electron chi connectivity index (χ1n) is 8.28. The van der Waals surface area contributed by atoms with Crippen molar-refractivity contribution in [1.82, 2.24) is 10.6 Å². The fourth-order valence-electron chi connectivity index (χ4n) is 2.13. The van der Waals surface area contributed by atoms with E-state index in [0.717, 1.165) is 30.1 Å². The van der Waals surface area contributed by atoms with Crippen molar-refractivity contribution < 1.29 is 9.52 Å². The number of furan rings is 1. The number of rotatable bonds is 8. The molecule has 1 unspecified atom stereocenters. The van der Waals surface area contributed by atoms with E-state index >= 15 is 0 Å². The van der Waals surface area contributed by atoms with Crippen LogP contribution in [-0.4, -0.2) is 30.7 Å². The minimum atomic E-state index is -0.957. The van der Waals surface area contributed by atoms with Gasteiger partial charge in [-0.2, -0.15) is 0 Å². The van der Waals surface area contributed by atoms with Gasteiger partial charge in [-0.15, -0.1) is 11.3 Å². The Morgan fingerprint density at radius 3 is 2.79 bits per heavy atom. The first-order chi connectivity index (χ1) is 11.5. The highest BCUT2D eigenvalue weighted by Gasteiger charge is 2.24. The molecule has 0 saturated carbocycles. The summed E-state index contributed by atoms with van der Waals surface area (Å²) in [6.45, 7) is 7.95. The maximum Gasteiger partial charge on any atom is 0.191 e. The molecule has 3 N–H and O–H groups in total. The Balaban J connectivity index is 1.93. The number of hydrogen-bond acceptors (Lipinski definition) is 4. The van der Waals surface area contributed by atoms with E-state index < -0.39 is 5.60 Å². The zero-order valence-corrected chi connectivity index (χ0v) is 15.4. The van der Waals surface area contributed by atoms with Gasteiger partial charge in [0.25, 0.3) is 0 Å². The molecular formula is C18H27N3O2S. The van der Waals surface area contributed by atoms with Gasteiger partial charge in [-0.3, -0.25) is 0 Å². The molecule has 0 spiro atoms. The molecule has 0 aromatic carbocycles. The van der Waals surface area contributed by atoms with Crippen molar-refractivity contribution in [3.05, 3.63) is 46.5 Å². The summed E-state index contributed by atoms with van der Waals surface area (Å²) >= 11 is 1.54. The number of guanidine groups is 1. The highest BCUT2D eigenvalue weighted by atomic mass is 32.1. The summed E-state index contributed by atoms with van der Waals surface area (Å²) in [6, 6.07) is 7.73. The van der Waals surface area contributed by atoms with Crippen molar-refractivity contribution in [3.8, 4) is 0 Å². The average molecular weight is 350 g/mol. The molecule has 132 valence electrons. The third-order valence-electron chi connectivity index (χ3n) is 3.52. The summed E-state index contributed by atoms with van der Waals surface area (Å²) in [7, 11) is 0. The Hall–Kier alpha value is -1.79. The van der Waals surface area contributed by atoms with E-state index in [1.165, 1.54) is 0 Å². The predicted molar refractivity (Wildman–Crippen MR) is 99.4 cm³/mol. The SMILES string of the molecule is CC(C)CNC(=NCC(C)(O)c1cccs1)NCCc1ccco1. The molecule has 2 aromatic rings. The summed E-state index contributed by atoms with van der Waals surface area (Å²) in [4.78, 5) is 5.48. The van der Waals surface area contributed by atoms with Crippen LogP contribution in [0.15, 0.2) is 45.3 Å². The van der Waals surface area contributed by atoms with Gasteiger partial charge in [0.15, 0.2) is 5.96 Å². The molecule has 24 heavy (non-hydrogen) atoms. The molecule has 0 bridgehead atoms. The largest absolute Gasteiger partial charge is 0.469 e. The van der Waals surface area contributed by atoms with Crippen molar-refractivity contribution in [2.75, 3.05) is 19.6 Å². The van der Waals surface area contributed by atoms with E-state index in [1.54, 1.807) is 24.5 Å². The first kappa shape index (κ1) is 18.5. The normalized spacial score (nSPS) is 14.6. The zero-order valence-electron chi connectivity index (χ0n) is 14.6. The van der Waals surface area contributed by atoms with Gasteiger partial charge in [0, 0.05) is 24.4 Å². The van der Waals surface area contributed by atoms with Crippen molar-refractivity contribution >= 4 is 17.3 Å². The molecule has 6 heteroatoms. The van der Waals surface area contributed by atoms with E-state index in [0.29, 0.717) is 18.4 Å². The second-order valence-electron chi connectivity index (χ2n) is 6.45. The summed E-state index contributed by atoms with van der Waals surface area (Å²) in [5.41, 5.74) is -0.957. The molecule has 0 amide bonds. The third kappa shape index (κ3) is 6.02. The molecular weight excluding hydrogens is 322 g/mol. The average Bonchev–Trinajstić information content (AvgIpc) is 3.22. The molecule has 2 heterocycles. The summed E-state index contributed by atoms with van der Waals surface area (Å²) in [5.74, 6) is 2.17. The van der Waals surface area contributed by atoms with Gasteiger partial charge in [0.2, 0.25) is 0 Å². The van der Waals surface area contributed by atoms with Gasteiger partial charge in [-0.05, 0) is 36.4 Å². The van der Waals surface area contributed by atoms with Crippen molar-refractivity contribution in [1.29, 1.82) is 0 Å². The van der Waals surface area contributed by atoms with Crippen LogP contribution in [0.5, 0.6) is 0 Å². The second-order valence-corrected chi connectivity index (χ2v) is 7.39. The maximum atomic E-state index is 10.6. The topological polar surface area (TPSA) is 69.8 Å². The Bertz CT molecular complexity index is 604. The van der Waals surface area contributed by atoms with Crippen molar-refractivity contribution in [2.24, 2.45) is 10.9 Å². The van der Waals surface area contributed by atoms with Crippen LogP contribution >= 0.6 is 11.3 Å². The molecule has 2 rings (SSSR count). The molecule has 0 aliphatic rings. The Labute approximate surface area is 147 Å². The highest BCUT2D eigenvalue weighted by Crippen LogP contribution is 2.25. The van der Waals surface area contributed by atoms with Crippen LogP contribution in [0.25, 0.3) is 0 Å². The fraction of sp³-hybridized carbons (Fsp3) is 0.500. The van der Waals surface area contributed by atoms with Gasteiger partial charge in [-0.1, -0.05) is 19.9 Å². The lowest BCUT2D eigenvalue weighted by Crippen LogP contribution is -2.41. The third-order valence-corrected chi connectivity index (χ3v) is 4.64. The van der Waals surface area contributed by atoms with Crippen LogP contribution < -0.4 is 10.6 Å². The molecule has 1 atom stereocenters. The van der Waals surface area contributed by atoms with Crippen LogP contribution in [0, 0.1) is 5.92 Å². The molecule has 0 saturated heterocycles. The summed E-state index contributed by atoms with van der Waals surface area (Å²) in [6.07, 6.45) is 2.47. The minimum Gasteiger partial charge on any atom is -0.469 e. The molecule has 0 fully saturated rings. The van der Waals surface area contributed by atoms with Crippen LogP contribution in [0.1, 0.15) is 31.4 Å². The molecule has 0 aliphatic heterocycles. The Morgan fingerprint density at radius 1 is 1.33 bits per heavy atom. The van der Waals surface area contributed by atoms with E-state index in [-0.39, 0.29) is 0 Å². The van der Waals surface area contributed by atoms with Gasteiger partial charge >= 0.3 is 0 Å². The highest BCUT2D eigenvalue weighted by molar-refractivity contribution is 7.10. The van der Waals surface area contributed by atoms with Crippen LogP contribution in [0.3, 0.4) is 0 Å². The van der Waals surface area contributed by atoms with Gasteiger partial charge < -0.3 is 20.2 Å². The summed E-state index contributed by atoms with van der Waals surface area (Å²) < 4.78 is 5.34. The Morgan fingerprint density at radius 2 is 2.17 bits per heavy atom. The van der Waals surface area contributed by atoms with Crippen LogP contribution in [0.4, 0.5) is 0 Å². The number of aliphatic hydroxyl groups is 1. The quantitative estimate of drug-likeness (QED) is 0.506. The number of hydrogen-bond donors (Lipinski definition) is 3. The van der Waals surface area contributed by atoms with Crippen LogP contribution in [0.2, 0.25) is 0 Å². The van der Waals surface area contributed by atoms with Crippen molar-refractivity contribution in [2.45, 2.75) is 32.8 Å². The van der Waals surface area contributed by atoms with E-state index in [9.17, 15) is 5.11 Å². The fourth-order valence-corrected chi connectivity index (χ4v) is 2.91. The summed E-state index contributed by atoms with van der Waals surface area (Å²) in [5, 5.41) is 19.2. The Kier molecular flexibility index (Phi) is 6.87. The number of nitrogens with one attached hydrogen (secondary N) is 2. The molecule has 0 radical (unpaired) electrons. The molecule has 2 aromatic heterocycles. The molecule has 5 nitrogen and oxygen atoms in total. The van der Waals surface area contributed by atoms with Crippen molar-refractivity contribution in [3.63, 3.8) is 0 Å². The van der Waals surface area contributed by atoms with E-state index in [1.807, 2.05) is 29.6 Å². The van der Waals surface area contributed by atoms with Gasteiger partial charge in [-0.25, -0.2) is 4.99 Å².